The molecule has 0 spiro atoms. The summed E-state index contributed by atoms with van der Waals surface area (Å²) in [5.41, 5.74) is 1.41. The number of nitrogens with zero attached hydrogens (tertiary/aromatic N) is 2. The fraction of sp³-hybridized carbons (Fsp3) is 0.680. The molecule has 1 aliphatic heterocycles. The maximum Gasteiger partial charge on any atom is 0.271 e. The number of fused-ring (bicyclic) bond motifs is 3. The predicted molar refractivity (Wildman–Crippen MR) is 120 cm³/mol. The van der Waals surface area contributed by atoms with Gasteiger partial charge in [0.05, 0.1) is 12.1 Å². The van der Waals surface area contributed by atoms with Gasteiger partial charge in [-0.1, -0.05) is 44.9 Å². The summed E-state index contributed by atoms with van der Waals surface area (Å²) in [6.07, 6.45) is 12.3. The molecule has 0 aromatic carbocycles. The Hall–Kier alpha value is -2.24. The summed E-state index contributed by atoms with van der Waals surface area (Å²) >= 11 is 0. The van der Waals surface area contributed by atoms with Crippen LogP contribution in [0, 0.1) is 6.92 Å². The number of furan rings is 1. The number of nitrogens with one attached hydrogen (secondary N) is 1. The lowest BCUT2D eigenvalue weighted by Gasteiger charge is -2.48. The molecule has 1 N–H and O–H groups in total. The van der Waals surface area contributed by atoms with Crippen LogP contribution in [-0.2, 0) is 11.3 Å². The van der Waals surface area contributed by atoms with Crippen LogP contribution in [0.5, 0.6) is 0 Å². The van der Waals surface area contributed by atoms with Gasteiger partial charge in [0.15, 0.2) is 5.58 Å². The Morgan fingerprint density at radius 1 is 1.03 bits per heavy atom. The van der Waals surface area contributed by atoms with Gasteiger partial charge in [-0.25, -0.2) is 0 Å². The quantitative estimate of drug-likeness (QED) is 0.709. The number of aromatic nitrogens is 1. The second kappa shape index (κ2) is 8.03. The zero-order valence-corrected chi connectivity index (χ0v) is 18.9. The molecule has 3 aliphatic rings. The van der Waals surface area contributed by atoms with Crippen LogP contribution in [0.2, 0.25) is 0 Å². The zero-order valence-electron chi connectivity index (χ0n) is 18.9. The normalized spacial score (nSPS) is 26.1. The van der Waals surface area contributed by atoms with E-state index in [-0.39, 0.29) is 23.9 Å². The Morgan fingerprint density at radius 3 is 2.39 bits per heavy atom. The Morgan fingerprint density at radius 2 is 1.68 bits per heavy atom. The van der Waals surface area contributed by atoms with Gasteiger partial charge < -0.3 is 19.2 Å². The van der Waals surface area contributed by atoms with Crippen LogP contribution in [0.4, 0.5) is 0 Å². The first-order valence-corrected chi connectivity index (χ1v) is 12.2. The van der Waals surface area contributed by atoms with E-state index in [2.05, 4.69) is 5.32 Å². The molecule has 0 radical (unpaired) electrons. The molecule has 0 saturated heterocycles. The van der Waals surface area contributed by atoms with Crippen LogP contribution >= 0.6 is 0 Å². The van der Waals surface area contributed by atoms with Gasteiger partial charge >= 0.3 is 0 Å². The third-order valence-electron chi connectivity index (χ3n) is 7.77. The van der Waals surface area contributed by atoms with Gasteiger partial charge in [0, 0.05) is 24.2 Å². The summed E-state index contributed by atoms with van der Waals surface area (Å²) in [7, 11) is 0. The van der Waals surface area contributed by atoms with Gasteiger partial charge in [0.2, 0.25) is 5.91 Å². The minimum Gasteiger partial charge on any atom is -0.460 e. The van der Waals surface area contributed by atoms with Gasteiger partial charge in [-0.3, -0.25) is 9.59 Å². The van der Waals surface area contributed by atoms with E-state index in [0.29, 0.717) is 12.2 Å². The fourth-order valence-electron chi connectivity index (χ4n) is 6.10. The van der Waals surface area contributed by atoms with E-state index in [1.54, 1.807) is 0 Å². The van der Waals surface area contributed by atoms with Gasteiger partial charge in [0.25, 0.3) is 5.91 Å². The maximum atomic E-state index is 13.9. The lowest BCUT2D eigenvalue weighted by atomic mass is 9.89. The van der Waals surface area contributed by atoms with E-state index in [1.807, 2.05) is 35.4 Å². The molecule has 2 aromatic rings. The van der Waals surface area contributed by atoms with E-state index in [9.17, 15) is 9.59 Å². The topological polar surface area (TPSA) is 67.5 Å². The molecule has 6 nitrogen and oxygen atoms in total. The molecule has 0 unspecified atom stereocenters. The maximum absolute atomic E-state index is 13.9. The first-order valence-electron chi connectivity index (χ1n) is 12.2. The summed E-state index contributed by atoms with van der Waals surface area (Å²) in [6, 6.07) is 4.19. The SMILES string of the molecule is Cc1cc2c(cc3n2C[C@@](C)(C(=O)NC2CCCCC2)N(C2CCCCCC2)C3=O)o1. The molecule has 2 fully saturated rings. The van der Waals surface area contributed by atoms with Gasteiger partial charge in [-0.05, 0) is 39.5 Å². The highest BCUT2D eigenvalue weighted by atomic mass is 16.3. The molecular formula is C25H35N3O3. The Labute approximate surface area is 184 Å². The van der Waals surface area contributed by atoms with Crippen molar-refractivity contribution in [3.8, 4) is 0 Å². The zero-order chi connectivity index (χ0) is 21.6. The lowest BCUT2D eigenvalue weighted by Crippen LogP contribution is -2.67. The summed E-state index contributed by atoms with van der Waals surface area (Å²) in [4.78, 5) is 29.6. The van der Waals surface area contributed by atoms with Crippen LogP contribution in [0.1, 0.15) is 93.8 Å². The molecule has 31 heavy (non-hydrogen) atoms. The number of rotatable bonds is 3. The van der Waals surface area contributed by atoms with Crippen LogP contribution in [0.25, 0.3) is 11.1 Å². The smallest absolute Gasteiger partial charge is 0.271 e. The average Bonchev–Trinajstić information content (AvgIpc) is 3.13. The molecule has 0 bridgehead atoms. The first kappa shape index (κ1) is 20.7. The van der Waals surface area contributed by atoms with E-state index in [0.717, 1.165) is 55.4 Å². The van der Waals surface area contributed by atoms with Crippen molar-refractivity contribution in [2.45, 2.75) is 109 Å². The van der Waals surface area contributed by atoms with E-state index in [1.165, 1.54) is 32.1 Å². The van der Waals surface area contributed by atoms with Crippen molar-refractivity contribution in [3.63, 3.8) is 0 Å². The number of amides is 2. The number of carbonyl (C=O) groups is 2. The highest BCUT2D eigenvalue weighted by Gasteiger charge is 2.50. The molecule has 1 atom stereocenters. The van der Waals surface area contributed by atoms with Gasteiger partial charge in [-0.15, -0.1) is 0 Å². The van der Waals surface area contributed by atoms with E-state index in [4.69, 9.17) is 4.42 Å². The molecule has 5 rings (SSSR count). The Kier molecular flexibility index (Phi) is 5.35. The molecule has 2 aromatic heterocycles. The van der Waals surface area contributed by atoms with Crippen molar-refractivity contribution in [1.29, 1.82) is 0 Å². The van der Waals surface area contributed by atoms with E-state index >= 15 is 0 Å². The van der Waals surface area contributed by atoms with Crippen LogP contribution in [0.3, 0.4) is 0 Å². The van der Waals surface area contributed by atoms with Crippen molar-refractivity contribution in [1.82, 2.24) is 14.8 Å². The van der Waals surface area contributed by atoms with Crippen molar-refractivity contribution in [2.24, 2.45) is 0 Å². The standard InChI is InChI=1S/C25H35N3O3/c1-17-14-20-22(31-17)15-21-23(29)28(19-12-8-3-4-9-13-19)25(2,16-27(20)21)24(30)26-18-10-6-5-7-11-18/h14-15,18-19H,3-13,16H2,1-2H3,(H,26,30)/t25-/m0/s1. The van der Waals surface area contributed by atoms with Crippen LogP contribution < -0.4 is 5.32 Å². The van der Waals surface area contributed by atoms with Gasteiger partial charge in [-0.2, -0.15) is 0 Å². The van der Waals surface area contributed by atoms with Crippen molar-refractivity contribution in [2.75, 3.05) is 0 Å². The molecule has 3 heterocycles. The summed E-state index contributed by atoms with van der Waals surface area (Å²) < 4.78 is 7.84. The monoisotopic (exact) mass is 425 g/mol. The highest BCUT2D eigenvalue weighted by Crippen LogP contribution is 2.38. The molecule has 2 saturated carbocycles. The average molecular weight is 426 g/mol. The third-order valence-corrected chi connectivity index (χ3v) is 7.77. The minimum absolute atomic E-state index is 0.00436. The van der Waals surface area contributed by atoms with Crippen molar-refractivity contribution < 1.29 is 14.0 Å². The highest BCUT2D eigenvalue weighted by molar-refractivity contribution is 6.03. The Balaban J connectivity index is 1.54. The van der Waals surface area contributed by atoms with Crippen molar-refractivity contribution in [3.05, 3.63) is 23.6 Å². The number of carbonyl (C=O) groups excluding carboxylic acids is 2. The lowest BCUT2D eigenvalue weighted by molar-refractivity contribution is -0.135. The second-order valence-electron chi connectivity index (χ2n) is 10.1. The summed E-state index contributed by atoms with van der Waals surface area (Å²) in [5.74, 6) is 0.806. The predicted octanol–water partition coefficient (Wildman–Crippen LogP) is 4.93. The summed E-state index contributed by atoms with van der Waals surface area (Å²) in [6.45, 7) is 4.38. The Bertz CT molecular complexity index is 976. The molecule has 6 heteroatoms. The minimum atomic E-state index is -0.895. The molecular weight excluding hydrogens is 390 g/mol. The molecule has 2 aliphatic carbocycles. The van der Waals surface area contributed by atoms with Crippen LogP contribution in [-0.4, -0.2) is 38.9 Å². The fourth-order valence-corrected chi connectivity index (χ4v) is 6.10. The second-order valence-corrected chi connectivity index (χ2v) is 10.1. The largest absolute Gasteiger partial charge is 0.460 e. The molecule has 168 valence electrons. The number of hydrogen-bond acceptors (Lipinski definition) is 3. The van der Waals surface area contributed by atoms with Crippen LogP contribution in [0.15, 0.2) is 16.5 Å². The van der Waals surface area contributed by atoms with Gasteiger partial charge in [0.1, 0.15) is 17.0 Å². The molecule has 2 amide bonds. The summed E-state index contributed by atoms with van der Waals surface area (Å²) in [5, 5.41) is 3.34. The van der Waals surface area contributed by atoms with Crippen molar-refractivity contribution >= 4 is 22.9 Å². The van der Waals surface area contributed by atoms with E-state index < -0.39 is 5.54 Å². The number of aryl methyl sites for hydroxylation is 1. The first-order chi connectivity index (χ1) is 15.0. The third kappa shape index (κ3) is 3.58. The number of hydrogen-bond donors (Lipinski definition) is 1.